The highest BCUT2D eigenvalue weighted by Crippen LogP contribution is 2.23. The molecule has 2 aromatic carbocycles. The number of ether oxygens (including phenoxy) is 1. The smallest absolute Gasteiger partial charge is 0.316 e. The zero-order valence-corrected chi connectivity index (χ0v) is 16.1. The fourth-order valence-corrected chi connectivity index (χ4v) is 3.14. The van der Waals surface area contributed by atoms with Crippen molar-refractivity contribution in [1.29, 1.82) is 0 Å². The van der Waals surface area contributed by atoms with Crippen molar-refractivity contribution < 1.29 is 19.2 Å². The number of nitrogens with one attached hydrogen (secondary N) is 1. The molecule has 7 nitrogen and oxygen atoms in total. The molecule has 0 unspecified atom stereocenters. The third-order valence-corrected chi connectivity index (χ3v) is 4.90. The molecule has 8 heteroatoms. The molecule has 0 atom stereocenters. The summed E-state index contributed by atoms with van der Waals surface area (Å²) in [5.41, 5.74) is 3.08. The van der Waals surface area contributed by atoms with Crippen molar-refractivity contribution >= 4 is 35.0 Å². The summed E-state index contributed by atoms with van der Waals surface area (Å²) in [6, 6.07) is 10.1. The van der Waals surface area contributed by atoms with Crippen molar-refractivity contribution in [2.75, 3.05) is 17.7 Å². The minimum Gasteiger partial charge on any atom is -0.455 e. The lowest BCUT2D eigenvalue weighted by Crippen LogP contribution is -2.22. The molecule has 0 bridgehead atoms. The van der Waals surface area contributed by atoms with Crippen molar-refractivity contribution in [2.45, 2.75) is 25.7 Å². The summed E-state index contributed by atoms with van der Waals surface area (Å²) in [5.74, 6) is -0.970. The van der Waals surface area contributed by atoms with Crippen LogP contribution in [0.25, 0.3) is 0 Å². The first-order chi connectivity index (χ1) is 12.8. The summed E-state index contributed by atoms with van der Waals surface area (Å²) in [6.07, 6.45) is 0. The molecule has 27 heavy (non-hydrogen) atoms. The van der Waals surface area contributed by atoms with Gasteiger partial charge in [0.05, 0.1) is 16.4 Å². The first-order valence-electron chi connectivity index (χ1n) is 8.17. The molecule has 0 aliphatic heterocycles. The van der Waals surface area contributed by atoms with Crippen molar-refractivity contribution in [3.63, 3.8) is 0 Å². The lowest BCUT2D eigenvalue weighted by molar-refractivity contribution is -0.384. The zero-order valence-electron chi connectivity index (χ0n) is 15.3. The molecular weight excluding hydrogens is 368 g/mol. The normalized spacial score (nSPS) is 10.3. The standard InChI is InChI=1S/C19H20N2O5S/c1-12-4-7-17(14(3)8-12)27-11-19(23)26-10-18(22)20-16-9-15(21(24)25)6-5-13(16)2/h4-9H,10-11H2,1-3H3,(H,20,22). The van der Waals surface area contributed by atoms with E-state index in [1.165, 1.54) is 23.9 Å². The van der Waals surface area contributed by atoms with Crippen LogP contribution in [0.1, 0.15) is 16.7 Å². The highest BCUT2D eigenvalue weighted by atomic mass is 32.2. The number of nitrogens with zero attached hydrogens (tertiary/aromatic N) is 1. The van der Waals surface area contributed by atoms with Gasteiger partial charge >= 0.3 is 5.97 Å². The van der Waals surface area contributed by atoms with E-state index >= 15 is 0 Å². The van der Waals surface area contributed by atoms with Gasteiger partial charge in [0.1, 0.15) is 0 Å². The van der Waals surface area contributed by atoms with Gasteiger partial charge in [0.25, 0.3) is 11.6 Å². The quantitative estimate of drug-likeness (QED) is 0.335. The number of amides is 1. The summed E-state index contributed by atoms with van der Waals surface area (Å²) >= 11 is 1.35. The van der Waals surface area contributed by atoms with E-state index in [1.54, 1.807) is 13.0 Å². The summed E-state index contributed by atoms with van der Waals surface area (Å²) in [7, 11) is 0. The number of rotatable bonds is 7. The maximum absolute atomic E-state index is 12.0. The Morgan fingerprint density at radius 1 is 1.11 bits per heavy atom. The zero-order chi connectivity index (χ0) is 20.0. The van der Waals surface area contributed by atoms with Gasteiger partial charge in [-0.1, -0.05) is 23.8 Å². The number of aryl methyl sites for hydroxylation is 3. The minimum atomic E-state index is -0.552. The van der Waals surface area contributed by atoms with Gasteiger partial charge in [-0.05, 0) is 38.0 Å². The number of carbonyl (C=O) groups excluding carboxylic acids is 2. The van der Waals surface area contributed by atoms with Gasteiger partial charge in [-0.2, -0.15) is 0 Å². The summed E-state index contributed by atoms with van der Waals surface area (Å²) < 4.78 is 4.97. The number of esters is 1. The monoisotopic (exact) mass is 388 g/mol. The van der Waals surface area contributed by atoms with E-state index in [0.717, 1.165) is 16.0 Å². The van der Waals surface area contributed by atoms with Gasteiger partial charge in [-0.25, -0.2) is 0 Å². The Morgan fingerprint density at radius 2 is 1.85 bits per heavy atom. The molecular formula is C19H20N2O5S. The van der Waals surface area contributed by atoms with E-state index in [9.17, 15) is 19.7 Å². The fourth-order valence-electron chi connectivity index (χ4n) is 2.33. The van der Waals surface area contributed by atoms with Crippen molar-refractivity contribution in [3.8, 4) is 0 Å². The average Bonchev–Trinajstić information content (AvgIpc) is 2.61. The number of non-ortho nitro benzene ring substituents is 1. The predicted octanol–water partition coefficient (Wildman–Crippen LogP) is 3.79. The first-order valence-corrected chi connectivity index (χ1v) is 9.15. The Kier molecular flexibility index (Phi) is 6.95. The van der Waals surface area contributed by atoms with Gasteiger partial charge in [0, 0.05) is 17.0 Å². The van der Waals surface area contributed by atoms with Crippen LogP contribution in [0.15, 0.2) is 41.3 Å². The van der Waals surface area contributed by atoms with Crippen LogP contribution in [0.4, 0.5) is 11.4 Å². The molecule has 0 radical (unpaired) electrons. The number of anilines is 1. The highest BCUT2D eigenvalue weighted by molar-refractivity contribution is 8.00. The fraction of sp³-hybridized carbons (Fsp3) is 0.263. The van der Waals surface area contributed by atoms with Crippen LogP contribution in [0, 0.1) is 30.9 Å². The van der Waals surface area contributed by atoms with Crippen molar-refractivity contribution in [1.82, 2.24) is 0 Å². The first kappa shape index (κ1) is 20.4. The maximum Gasteiger partial charge on any atom is 0.316 e. The second kappa shape index (κ2) is 9.18. The van der Waals surface area contributed by atoms with Gasteiger partial charge in [0.15, 0.2) is 6.61 Å². The molecule has 1 amide bonds. The van der Waals surface area contributed by atoms with Crippen LogP contribution in [-0.2, 0) is 14.3 Å². The van der Waals surface area contributed by atoms with E-state index in [1.807, 2.05) is 32.0 Å². The molecule has 0 aliphatic rings. The number of hydrogen-bond donors (Lipinski definition) is 1. The Hall–Kier alpha value is -2.87. The molecule has 2 rings (SSSR count). The van der Waals surface area contributed by atoms with E-state index in [0.29, 0.717) is 11.3 Å². The lowest BCUT2D eigenvalue weighted by atomic mass is 10.2. The number of hydrogen-bond acceptors (Lipinski definition) is 6. The molecule has 0 fully saturated rings. The van der Waals surface area contributed by atoms with Gasteiger partial charge in [-0.3, -0.25) is 19.7 Å². The van der Waals surface area contributed by atoms with Crippen LogP contribution < -0.4 is 5.32 Å². The van der Waals surface area contributed by atoms with Crippen LogP contribution >= 0.6 is 11.8 Å². The van der Waals surface area contributed by atoms with Gasteiger partial charge < -0.3 is 10.1 Å². The van der Waals surface area contributed by atoms with E-state index < -0.39 is 23.4 Å². The average molecular weight is 388 g/mol. The number of benzene rings is 2. The second-order valence-electron chi connectivity index (χ2n) is 6.02. The molecule has 142 valence electrons. The van der Waals surface area contributed by atoms with Crippen LogP contribution in [0.5, 0.6) is 0 Å². The number of thioether (sulfide) groups is 1. The topological polar surface area (TPSA) is 98.5 Å². The van der Waals surface area contributed by atoms with Crippen molar-refractivity contribution in [2.24, 2.45) is 0 Å². The van der Waals surface area contributed by atoms with Crippen LogP contribution in [0.2, 0.25) is 0 Å². The van der Waals surface area contributed by atoms with E-state index in [-0.39, 0.29) is 11.4 Å². The minimum absolute atomic E-state index is 0.0903. The van der Waals surface area contributed by atoms with Crippen molar-refractivity contribution in [3.05, 3.63) is 63.2 Å². The maximum atomic E-state index is 12.0. The third-order valence-electron chi connectivity index (χ3n) is 3.75. The Bertz CT molecular complexity index is 882. The molecule has 2 aromatic rings. The Morgan fingerprint density at radius 3 is 2.52 bits per heavy atom. The SMILES string of the molecule is Cc1ccc(SCC(=O)OCC(=O)Nc2cc([N+](=O)[O-])ccc2C)c(C)c1. The van der Waals surface area contributed by atoms with Gasteiger partial charge in [0.2, 0.25) is 0 Å². The molecule has 0 heterocycles. The number of nitro groups is 1. The summed E-state index contributed by atoms with van der Waals surface area (Å²) in [6.45, 7) is 5.23. The molecule has 0 spiro atoms. The van der Waals surface area contributed by atoms with Crippen LogP contribution in [0.3, 0.4) is 0 Å². The largest absolute Gasteiger partial charge is 0.455 e. The van der Waals surface area contributed by atoms with Gasteiger partial charge in [-0.15, -0.1) is 11.8 Å². The van der Waals surface area contributed by atoms with E-state index in [2.05, 4.69) is 5.32 Å². The van der Waals surface area contributed by atoms with E-state index in [4.69, 9.17) is 4.74 Å². The van der Waals surface area contributed by atoms with Crippen LogP contribution in [-0.4, -0.2) is 29.2 Å². The summed E-state index contributed by atoms with van der Waals surface area (Å²) in [4.78, 5) is 35.1. The third kappa shape index (κ3) is 6.10. The highest BCUT2D eigenvalue weighted by Gasteiger charge is 2.13. The predicted molar refractivity (Wildman–Crippen MR) is 104 cm³/mol. The lowest BCUT2D eigenvalue weighted by Gasteiger charge is -2.09. The molecule has 1 N–H and O–H groups in total. The number of nitro benzene ring substituents is 1. The Labute approximate surface area is 161 Å². The molecule has 0 aliphatic carbocycles. The molecule has 0 saturated carbocycles. The molecule has 0 saturated heterocycles. The Balaban J connectivity index is 1.84. The second-order valence-corrected chi connectivity index (χ2v) is 7.04. The molecule has 0 aromatic heterocycles. The number of carbonyl (C=O) groups is 2. The summed E-state index contributed by atoms with van der Waals surface area (Å²) in [5, 5.41) is 13.3.